The molecule has 2 heterocycles. The summed E-state index contributed by atoms with van der Waals surface area (Å²) >= 11 is 0. The van der Waals surface area contributed by atoms with E-state index in [9.17, 15) is 8.78 Å². The monoisotopic (exact) mass is 349 g/mol. The molecule has 1 aliphatic carbocycles. The van der Waals surface area contributed by atoms with Gasteiger partial charge in [0.1, 0.15) is 18.7 Å². The van der Waals surface area contributed by atoms with Crippen molar-refractivity contribution in [3.8, 4) is 0 Å². The number of likely N-dealkylation sites (N-methyl/N-ethyl adjacent to an activating group) is 1. The molecule has 3 aromatic rings. The zero-order valence-electron chi connectivity index (χ0n) is 14.9. The molecule has 1 aliphatic heterocycles. The van der Waals surface area contributed by atoms with Gasteiger partial charge in [0, 0.05) is 25.1 Å². The molecule has 2 nitrogen and oxygen atoms in total. The highest BCUT2D eigenvalue weighted by Gasteiger charge is 2.37. The zero-order chi connectivity index (χ0) is 18.2. The Kier molecular flexibility index (Phi) is 3.06. The first-order chi connectivity index (χ1) is 12.5. The summed E-state index contributed by atoms with van der Waals surface area (Å²) in [5.74, 6) is -0.498. The number of anilines is 1. The van der Waals surface area contributed by atoms with Crippen molar-refractivity contribution < 1.29 is 13.3 Å². The summed E-state index contributed by atoms with van der Waals surface area (Å²) < 4.78 is 30.2. The van der Waals surface area contributed by atoms with E-state index in [1.54, 1.807) is 12.1 Å². The average molecular weight is 349 g/mol. The molecule has 130 valence electrons. The number of allylic oxidation sites excluding steroid dienone is 2. The van der Waals surface area contributed by atoms with Crippen LogP contribution in [0.25, 0.3) is 21.8 Å². The lowest BCUT2D eigenvalue weighted by molar-refractivity contribution is -0.617. The second kappa shape index (κ2) is 5.13. The highest BCUT2D eigenvalue weighted by atomic mass is 19.1. The van der Waals surface area contributed by atoms with Gasteiger partial charge < -0.3 is 4.90 Å². The normalized spacial score (nSPS) is 21.3. The molecule has 0 spiro atoms. The fourth-order valence-electron chi connectivity index (χ4n) is 4.63. The van der Waals surface area contributed by atoms with Crippen LogP contribution in [0, 0.1) is 12.7 Å². The summed E-state index contributed by atoms with van der Waals surface area (Å²) in [5.41, 5.74) is 5.34. The fraction of sp³-hybridized carbons (Fsp3) is 0.227. The second-order valence-electron chi connectivity index (χ2n) is 7.36. The lowest BCUT2D eigenvalue weighted by atomic mass is 9.80. The van der Waals surface area contributed by atoms with Crippen molar-refractivity contribution in [1.29, 1.82) is 0 Å². The Balaban J connectivity index is 2.02. The molecule has 26 heavy (non-hydrogen) atoms. The molecule has 0 saturated carbocycles. The Morgan fingerprint density at radius 1 is 1.08 bits per heavy atom. The zero-order valence-corrected chi connectivity index (χ0v) is 14.9. The molecule has 0 amide bonds. The molecule has 5 rings (SSSR count). The number of rotatable bonds is 0. The average Bonchev–Trinajstić information content (AvgIpc) is 2.61. The van der Waals surface area contributed by atoms with Gasteiger partial charge in [0.2, 0.25) is 11.0 Å². The van der Waals surface area contributed by atoms with Crippen LogP contribution in [0.4, 0.5) is 14.5 Å². The third-order valence-corrected chi connectivity index (χ3v) is 5.78. The van der Waals surface area contributed by atoms with Crippen LogP contribution in [0.2, 0.25) is 0 Å². The van der Waals surface area contributed by atoms with E-state index < -0.39 is 0 Å². The minimum atomic E-state index is -0.248. The molecule has 0 radical (unpaired) electrons. The second-order valence-corrected chi connectivity index (χ2v) is 7.36. The molecule has 2 atom stereocenters. The number of hydrogen-bond acceptors (Lipinski definition) is 1. The van der Waals surface area contributed by atoms with Crippen molar-refractivity contribution in [2.75, 3.05) is 11.9 Å². The van der Waals surface area contributed by atoms with Crippen LogP contribution in [-0.4, -0.2) is 13.1 Å². The van der Waals surface area contributed by atoms with E-state index in [2.05, 4.69) is 28.5 Å². The van der Waals surface area contributed by atoms with Crippen LogP contribution in [0.5, 0.6) is 0 Å². The highest BCUT2D eigenvalue weighted by Crippen LogP contribution is 2.47. The molecular weight excluding hydrogens is 330 g/mol. The first-order valence-electron chi connectivity index (χ1n) is 8.79. The molecule has 0 saturated heterocycles. The van der Waals surface area contributed by atoms with E-state index in [1.165, 1.54) is 12.1 Å². The number of halogens is 2. The first kappa shape index (κ1) is 15.5. The number of fused-ring (bicyclic) bond motifs is 4. The van der Waals surface area contributed by atoms with Gasteiger partial charge in [-0.15, -0.1) is 0 Å². The van der Waals surface area contributed by atoms with Crippen molar-refractivity contribution in [2.45, 2.75) is 18.9 Å². The summed E-state index contributed by atoms with van der Waals surface area (Å²) in [7, 11) is 4.02. The Labute approximate surface area is 150 Å². The third kappa shape index (κ3) is 1.93. The SMILES string of the molecule is Cc1cc2c3c(c4cc(F)ccc4[n+](C)c3c1)N(C)C1C=CC(F)=CC21. The van der Waals surface area contributed by atoms with Crippen LogP contribution < -0.4 is 9.47 Å². The lowest BCUT2D eigenvalue weighted by Crippen LogP contribution is -2.41. The highest BCUT2D eigenvalue weighted by molar-refractivity contribution is 6.08. The van der Waals surface area contributed by atoms with Crippen molar-refractivity contribution >= 4 is 27.5 Å². The lowest BCUT2D eigenvalue weighted by Gasteiger charge is -2.40. The molecule has 4 heteroatoms. The van der Waals surface area contributed by atoms with E-state index in [-0.39, 0.29) is 23.6 Å². The maximum Gasteiger partial charge on any atom is 0.215 e. The number of benzene rings is 2. The largest absolute Gasteiger partial charge is 0.366 e. The topological polar surface area (TPSA) is 7.12 Å². The molecule has 0 N–H and O–H groups in total. The molecule has 0 bridgehead atoms. The van der Waals surface area contributed by atoms with Crippen molar-refractivity contribution in [3.05, 3.63) is 71.3 Å². The number of hydrogen-bond donors (Lipinski definition) is 0. The van der Waals surface area contributed by atoms with Crippen LogP contribution in [0.15, 0.2) is 54.4 Å². The number of aromatic nitrogens is 1. The van der Waals surface area contributed by atoms with Crippen molar-refractivity contribution in [3.63, 3.8) is 0 Å². The number of nitrogens with zero attached hydrogens (tertiary/aromatic N) is 2. The van der Waals surface area contributed by atoms with Crippen LogP contribution in [0.1, 0.15) is 17.0 Å². The number of aryl methyl sites for hydroxylation is 2. The summed E-state index contributed by atoms with van der Waals surface area (Å²) in [6.07, 6.45) is 5.14. The van der Waals surface area contributed by atoms with E-state index >= 15 is 0 Å². The van der Waals surface area contributed by atoms with Crippen molar-refractivity contribution in [2.24, 2.45) is 7.05 Å². The molecule has 2 aromatic carbocycles. The predicted molar refractivity (Wildman–Crippen MR) is 101 cm³/mol. The molecule has 2 unspecified atom stereocenters. The number of pyridine rings is 1. The van der Waals surface area contributed by atoms with Gasteiger partial charge in [-0.25, -0.2) is 8.78 Å². The van der Waals surface area contributed by atoms with E-state index in [0.29, 0.717) is 0 Å². The molecule has 2 aliphatic rings. The quantitative estimate of drug-likeness (QED) is 0.425. The van der Waals surface area contributed by atoms with Gasteiger partial charge in [-0.1, -0.05) is 12.1 Å². The Morgan fingerprint density at radius 3 is 2.69 bits per heavy atom. The summed E-state index contributed by atoms with van der Waals surface area (Å²) in [6.45, 7) is 2.07. The Morgan fingerprint density at radius 2 is 1.88 bits per heavy atom. The van der Waals surface area contributed by atoms with Gasteiger partial charge in [0.15, 0.2) is 0 Å². The summed E-state index contributed by atoms with van der Waals surface area (Å²) in [6, 6.07) is 9.25. The maximum atomic E-state index is 14.1. The molecular formula is C22H19F2N2+. The van der Waals surface area contributed by atoms with E-state index in [0.717, 1.165) is 38.6 Å². The minimum absolute atomic E-state index is 0.0196. The van der Waals surface area contributed by atoms with Gasteiger partial charge in [-0.05, 0) is 42.3 Å². The first-order valence-corrected chi connectivity index (χ1v) is 8.79. The van der Waals surface area contributed by atoms with Gasteiger partial charge >= 0.3 is 0 Å². The maximum absolute atomic E-state index is 14.1. The predicted octanol–water partition coefficient (Wildman–Crippen LogP) is 4.59. The van der Waals surface area contributed by atoms with E-state index in [1.807, 2.05) is 26.2 Å². The standard InChI is InChI=1S/C22H19F2N2/c1-12-8-16-15-10-13(23)4-6-18(15)26(3)22-17-11-14(24)5-7-19(17)25(2)20(9-12)21(16)22/h4-11,15,18H,1-3H3/q+1. The molecule has 1 aromatic heterocycles. The van der Waals surface area contributed by atoms with Crippen LogP contribution in [-0.2, 0) is 7.05 Å². The third-order valence-electron chi connectivity index (χ3n) is 5.78. The Hall–Kier alpha value is -2.75. The molecule has 0 fully saturated rings. The minimum Gasteiger partial charge on any atom is -0.366 e. The van der Waals surface area contributed by atoms with Gasteiger partial charge in [0.25, 0.3) is 0 Å². The Bertz CT molecular complexity index is 1160. The van der Waals surface area contributed by atoms with Gasteiger partial charge in [-0.3, -0.25) is 0 Å². The van der Waals surface area contributed by atoms with E-state index in [4.69, 9.17) is 0 Å². The summed E-state index contributed by atoms with van der Waals surface area (Å²) in [5, 5.41) is 1.97. The van der Waals surface area contributed by atoms with Crippen LogP contribution >= 0.6 is 0 Å². The smallest absolute Gasteiger partial charge is 0.215 e. The van der Waals surface area contributed by atoms with Crippen molar-refractivity contribution in [1.82, 2.24) is 0 Å². The van der Waals surface area contributed by atoms with Gasteiger partial charge in [-0.2, -0.15) is 4.57 Å². The van der Waals surface area contributed by atoms with Gasteiger partial charge in [0.05, 0.1) is 22.5 Å². The van der Waals surface area contributed by atoms with Crippen LogP contribution in [0.3, 0.4) is 0 Å². The fourth-order valence-corrected chi connectivity index (χ4v) is 4.63. The summed E-state index contributed by atoms with van der Waals surface area (Å²) in [4.78, 5) is 2.16.